The molecule has 1 aromatic heterocycles. The number of nitrogens with zero attached hydrogens (tertiary/aromatic N) is 3. The van der Waals surface area contributed by atoms with Crippen molar-refractivity contribution in [3.05, 3.63) is 23.1 Å². The lowest BCUT2D eigenvalue weighted by Gasteiger charge is -2.23. The molecule has 5 nitrogen and oxygen atoms in total. The number of aromatic nitrogens is 2. The standard InChI is InChI=1S/C10H14ClN3O2S/c1-8-3-5-14(6-4-8)17(15,16)10-9(11)13(2)7-12-10/h3,7H,4-6H2,1-2H3. The second-order valence-corrected chi connectivity index (χ2v) is 6.33. The summed E-state index contributed by atoms with van der Waals surface area (Å²) in [5, 5.41) is 0.0888. The zero-order valence-corrected chi connectivity index (χ0v) is 11.3. The molecule has 2 heterocycles. The van der Waals surface area contributed by atoms with E-state index in [1.807, 2.05) is 13.0 Å². The Labute approximate surface area is 106 Å². The first-order chi connectivity index (χ1) is 7.93. The topological polar surface area (TPSA) is 55.2 Å². The quantitative estimate of drug-likeness (QED) is 0.767. The largest absolute Gasteiger partial charge is 0.324 e. The van der Waals surface area contributed by atoms with Crippen LogP contribution in [-0.2, 0) is 17.1 Å². The molecule has 1 aliphatic heterocycles. The Bertz CT molecular complexity index is 562. The number of aryl methyl sites for hydroxylation is 1. The van der Waals surface area contributed by atoms with E-state index < -0.39 is 10.0 Å². The van der Waals surface area contributed by atoms with Crippen LogP contribution >= 0.6 is 11.6 Å². The minimum absolute atomic E-state index is 0.0605. The first-order valence-electron chi connectivity index (χ1n) is 5.25. The average Bonchev–Trinajstić information content (AvgIpc) is 2.61. The SMILES string of the molecule is CC1=CCN(S(=O)(=O)c2ncn(C)c2Cl)CC1. The van der Waals surface area contributed by atoms with Gasteiger partial charge in [-0.1, -0.05) is 23.3 Å². The van der Waals surface area contributed by atoms with Crippen molar-refractivity contribution in [2.45, 2.75) is 18.4 Å². The molecular formula is C10H14ClN3O2S. The fourth-order valence-corrected chi connectivity index (χ4v) is 3.43. The van der Waals surface area contributed by atoms with E-state index in [0.717, 1.165) is 6.42 Å². The Morgan fingerprint density at radius 3 is 2.65 bits per heavy atom. The normalized spacial score (nSPS) is 18.2. The molecule has 94 valence electrons. The summed E-state index contributed by atoms with van der Waals surface area (Å²) in [6, 6.07) is 0. The van der Waals surface area contributed by atoms with Crippen molar-refractivity contribution in [3.8, 4) is 0 Å². The van der Waals surface area contributed by atoms with Gasteiger partial charge in [-0.3, -0.25) is 0 Å². The van der Waals surface area contributed by atoms with Gasteiger partial charge in [0.05, 0.1) is 6.33 Å². The highest BCUT2D eigenvalue weighted by Crippen LogP contribution is 2.24. The van der Waals surface area contributed by atoms with E-state index in [1.54, 1.807) is 7.05 Å². The minimum Gasteiger partial charge on any atom is -0.324 e. The van der Waals surface area contributed by atoms with Crippen molar-refractivity contribution in [2.24, 2.45) is 7.05 Å². The van der Waals surface area contributed by atoms with Crippen LogP contribution in [0.5, 0.6) is 0 Å². The van der Waals surface area contributed by atoms with Crippen molar-refractivity contribution in [1.29, 1.82) is 0 Å². The van der Waals surface area contributed by atoms with Crippen LogP contribution < -0.4 is 0 Å². The molecule has 1 aromatic rings. The maximum atomic E-state index is 12.3. The zero-order valence-electron chi connectivity index (χ0n) is 9.72. The van der Waals surface area contributed by atoms with Crippen LogP contribution in [0.2, 0.25) is 5.15 Å². The van der Waals surface area contributed by atoms with Gasteiger partial charge in [-0.25, -0.2) is 13.4 Å². The van der Waals surface area contributed by atoms with Gasteiger partial charge in [-0.05, 0) is 13.3 Å². The fourth-order valence-electron chi connectivity index (χ4n) is 1.66. The summed E-state index contributed by atoms with van der Waals surface area (Å²) in [6.07, 6.45) is 4.07. The Balaban J connectivity index is 2.35. The van der Waals surface area contributed by atoms with E-state index in [-0.39, 0.29) is 10.2 Å². The Morgan fingerprint density at radius 2 is 2.18 bits per heavy atom. The number of rotatable bonds is 2. The molecule has 0 unspecified atom stereocenters. The van der Waals surface area contributed by atoms with Crippen LogP contribution in [0.25, 0.3) is 0 Å². The summed E-state index contributed by atoms with van der Waals surface area (Å²) in [6.45, 7) is 2.87. The number of imidazole rings is 1. The summed E-state index contributed by atoms with van der Waals surface area (Å²) in [5.74, 6) is 0. The molecule has 0 fully saturated rings. The Kier molecular flexibility index (Phi) is 3.29. The predicted octanol–water partition coefficient (Wildman–Crippen LogP) is 1.41. The third-order valence-corrected chi connectivity index (χ3v) is 5.17. The van der Waals surface area contributed by atoms with Crippen LogP contribution in [0, 0.1) is 0 Å². The van der Waals surface area contributed by atoms with Crippen LogP contribution in [0.3, 0.4) is 0 Å². The molecule has 0 spiro atoms. The third-order valence-electron chi connectivity index (χ3n) is 2.82. The molecule has 0 bridgehead atoms. The van der Waals surface area contributed by atoms with Crippen LogP contribution in [-0.4, -0.2) is 35.4 Å². The third kappa shape index (κ3) is 2.25. The number of hydrogen-bond donors (Lipinski definition) is 0. The molecular weight excluding hydrogens is 262 g/mol. The highest BCUT2D eigenvalue weighted by atomic mass is 35.5. The highest BCUT2D eigenvalue weighted by molar-refractivity contribution is 7.89. The molecule has 0 saturated carbocycles. The Morgan fingerprint density at radius 1 is 1.47 bits per heavy atom. The van der Waals surface area contributed by atoms with Crippen LogP contribution in [0.4, 0.5) is 0 Å². The van der Waals surface area contributed by atoms with Gasteiger partial charge in [-0.15, -0.1) is 0 Å². The fraction of sp³-hybridized carbons (Fsp3) is 0.500. The molecule has 0 radical (unpaired) electrons. The lowest BCUT2D eigenvalue weighted by molar-refractivity contribution is 0.429. The van der Waals surface area contributed by atoms with Crippen molar-refractivity contribution in [1.82, 2.24) is 13.9 Å². The Hall–Kier alpha value is -0.850. The average molecular weight is 276 g/mol. The van der Waals surface area contributed by atoms with Gasteiger partial charge in [-0.2, -0.15) is 4.31 Å². The maximum absolute atomic E-state index is 12.3. The number of halogens is 1. The molecule has 0 saturated heterocycles. The molecule has 17 heavy (non-hydrogen) atoms. The lowest BCUT2D eigenvalue weighted by Crippen LogP contribution is -2.35. The van der Waals surface area contributed by atoms with E-state index in [0.29, 0.717) is 13.1 Å². The van der Waals surface area contributed by atoms with Gasteiger partial charge in [0, 0.05) is 20.1 Å². The minimum atomic E-state index is -3.57. The van der Waals surface area contributed by atoms with Crippen LogP contribution in [0.1, 0.15) is 13.3 Å². The van der Waals surface area contributed by atoms with Gasteiger partial charge < -0.3 is 4.57 Å². The summed E-state index contributed by atoms with van der Waals surface area (Å²) >= 11 is 5.92. The highest BCUT2D eigenvalue weighted by Gasteiger charge is 2.30. The number of hydrogen-bond acceptors (Lipinski definition) is 3. The van der Waals surface area contributed by atoms with E-state index in [2.05, 4.69) is 4.98 Å². The molecule has 2 rings (SSSR count). The van der Waals surface area contributed by atoms with Crippen molar-refractivity contribution in [3.63, 3.8) is 0 Å². The second-order valence-electron chi connectivity index (χ2n) is 4.11. The van der Waals surface area contributed by atoms with Crippen molar-refractivity contribution in [2.75, 3.05) is 13.1 Å². The maximum Gasteiger partial charge on any atom is 0.263 e. The first-order valence-corrected chi connectivity index (χ1v) is 7.07. The molecule has 0 aliphatic carbocycles. The van der Waals surface area contributed by atoms with Gasteiger partial charge in [0.25, 0.3) is 10.0 Å². The predicted molar refractivity (Wildman–Crippen MR) is 65.4 cm³/mol. The molecule has 0 N–H and O–H groups in total. The van der Waals surface area contributed by atoms with Gasteiger partial charge in [0.15, 0.2) is 0 Å². The molecule has 0 amide bonds. The van der Waals surface area contributed by atoms with Crippen molar-refractivity contribution >= 4 is 21.6 Å². The molecule has 7 heteroatoms. The first kappa shape index (κ1) is 12.6. The molecule has 1 aliphatic rings. The van der Waals surface area contributed by atoms with Gasteiger partial charge >= 0.3 is 0 Å². The smallest absolute Gasteiger partial charge is 0.263 e. The summed E-state index contributed by atoms with van der Waals surface area (Å²) in [4.78, 5) is 3.86. The summed E-state index contributed by atoms with van der Waals surface area (Å²) in [5.41, 5.74) is 1.21. The van der Waals surface area contributed by atoms with Crippen molar-refractivity contribution < 1.29 is 8.42 Å². The number of sulfonamides is 1. The van der Waals surface area contributed by atoms with E-state index in [4.69, 9.17) is 11.6 Å². The second kappa shape index (κ2) is 4.44. The van der Waals surface area contributed by atoms with Gasteiger partial charge in [0.2, 0.25) is 5.03 Å². The lowest BCUT2D eigenvalue weighted by atomic mass is 10.1. The monoisotopic (exact) mass is 275 g/mol. The molecule has 0 atom stereocenters. The van der Waals surface area contributed by atoms with Crippen LogP contribution in [0.15, 0.2) is 23.0 Å². The summed E-state index contributed by atoms with van der Waals surface area (Å²) in [7, 11) is -1.91. The zero-order chi connectivity index (χ0) is 12.6. The van der Waals surface area contributed by atoms with E-state index >= 15 is 0 Å². The van der Waals surface area contributed by atoms with E-state index in [9.17, 15) is 8.42 Å². The van der Waals surface area contributed by atoms with Gasteiger partial charge in [0.1, 0.15) is 5.15 Å². The summed E-state index contributed by atoms with van der Waals surface area (Å²) < 4.78 is 27.4. The molecule has 0 aromatic carbocycles. The van der Waals surface area contributed by atoms with E-state index in [1.165, 1.54) is 20.8 Å².